The van der Waals surface area contributed by atoms with Crippen LogP contribution in [-0.2, 0) is 9.59 Å². The molecule has 1 aromatic rings. The lowest BCUT2D eigenvalue weighted by Gasteiger charge is -2.17. The molecule has 0 saturated heterocycles. The molecular formula is C10H8FN3O2. The van der Waals surface area contributed by atoms with E-state index >= 15 is 0 Å². The summed E-state index contributed by atoms with van der Waals surface area (Å²) in [5.41, 5.74) is 5.61. The lowest BCUT2D eigenvalue weighted by Crippen LogP contribution is -2.46. The Morgan fingerprint density at radius 1 is 1.25 bits per heavy atom. The van der Waals surface area contributed by atoms with Crippen molar-refractivity contribution in [2.24, 2.45) is 10.7 Å². The van der Waals surface area contributed by atoms with E-state index in [-0.39, 0.29) is 5.96 Å². The van der Waals surface area contributed by atoms with Gasteiger partial charge in [-0.2, -0.15) is 4.99 Å². The van der Waals surface area contributed by atoms with Gasteiger partial charge in [-0.25, -0.2) is 4.39 Å². The Morgan fingerprint density at radius 2 is 1.88 bits per heavy atom. The summed E-state index contributed by atoms with van der Waals surface area (Å²) in [6, 6.07) is 5.10. The number of benzene rings is 1. The Morgan fingerprint density at radius 3 is 2.44 bits per heavy atom. The van der Waals surface area contributed by atoms with Crippen molar-refractivity contribution in [1.29, 1.82) is 0 Å². The van der Waals surface area contributed by atoms with Gasteiger partial charge in [0.2, 0.25) is 11.9 Å². The van der Waals surface area contributed by atoms with Crippen LogP contribution in [-0.4, -0.2) is 17.8 Å². The van der Waals surface area contributed by atoms with Gasteiger partial charge >= 0.3 is 0 Å². The minimum absolute atomic E-state index is 0.214. The molecule has 1 aliphatic heterocycles. The maximum absolute atomic E-state index is 12.7. The Bertz CT molecular complexity index is 481. The Balaban J connectivity index is 2.37. The molecule has 5 nitrogen and oxygen atoms in total. The van der Waals surface area contributed by atoms with E-state index in [1.54, 1.807) is 0 Å². The second-order valence-electron chi connectivity index (χ2n) is 3.31. The summed E-state index contributed by atoms with van der Waals surface area (Å²) in [6.45, 7) is 0. The van der Waals surface area contributed by atoms with Crippen LogP contribution in [0.4, 0.5) is 4.39 Å². The number of rotatable bonds is 1. The van der Waals surface area contributed by atoms with E-state index < -0.39 is 23.5 Å². The normalized spacial score (nSPS) is 20.3. The van der Waals surface area contributed by atoms with Gasteiger partial charge in [-0.05, 0) is 17.7 Å². The van der Waals surface area contributed by atoms with Crippen LogP contribution in [0.2, 0.25) is 0 Å². The Labute approximate surface area is 90.2 Å². The highest BCUT2D eigenvalue weighted by Gasteiger charge is 2.32. The summed E-state index contributed by atoms with van der Waals surface area (Å²) in [6.07, 6.45) is 0. The van der Waals surface area contributed by atoms with Gasteiger partial charge in [-0.3, -0.25) is 14.9 Å². The zero-order chi connectivity index (χ0) is 11.7. The summed E-state index contributed by atoms with van der Waals surface area (Å²) in [7, 11) is 0. The first-order valence-electron chi connectivity index (χ1n) is 4.52. The smallest absolute Gasteiger partial charge is 0.265 e. The summed E-state index contributed by atoms with van der Waals surface area (Å²) < 4.78 is 12.7. The van der Waals surface area contributed by atoms with Crippen LogP contribution in [0.3, 0.4) is 0 Å². The highest BCUT2D eigenvalue weighted by Crippen LogP contribution is 2.20. The number of carbonyl (C=O) groups excluding carboxylic acids is 2. The van der Waals surface area contributed by atoms with Crippen LogP contribution < -0.4 is 11.1 Å². The minimum atomic E-state index is -1.05. The highest BCUT2D eigenvalue weighted by atomic mass is 19.1. The van der Waals surface area contributed by atoms with Crippen molar-refractivity contribution < 1.29 is 14.0 Å². The van der Waals surface area contributed by atoms with E-state index in [0.717, 1.165) is 0 Å². The second-order valence-corrected chi connectivity index (χ2v) is 3.31. The average Bonchev–Trinajstić information content (AvgIpc) is 2.19. The van der Waals surface area contributed by atoms with E-state index in [4.69, 9.17) is 5.73 Å². The molecule has 0 radical (unpaired) electrons. The van der Waals surface area contributed by atoms with E-state index in [0.29, 0.717) is 5.56 Å². The van der Waals surface area contributed by atoms with Gasteiger partial charge in [0.1, 0.15) is 11.7 Å². The summed E-state index contributed by atoms with van der Waals surface area (Å²) in [4.78, 5) is 26.4. The van der Waals surface area contributed by atoms with Gasteiger partial charge in [0.15, 0.2) is 0 Å². The SMILES string of the molecule is NC1=NC(=O)C(c2ccc(F)cc2)C(=O)N1. The van der Waals surface area contributed by atoms with Crippen molar-refractivity contribution in [2.75, 3.05) is 0 Å². The van der Waals surface area contributed by atoms with Gasteiger partial charge in [0.05, 0.1) is 0 Å². The van der Waals surface area contributed by atoms with E-state index in [9.17, 15) is 14.0 Å². The fourth-order valence-electron chi connectivity index (χ4n) is 1.47. The fourth-order valence-corrected chi connectivity index (χ4v) is 1.47. The van der Waals surface area contributed by atoms with E-state index in [2.05, 4.69) is 10.3 Å². The maximum Gasteiger partial charge on any atom is 0.265 e. The summed E-state index contributed by atoms with van der Waals surface area (Å²) in [5.74, 6) is -2.89. The standard InChI is InChI=1S/C10H8FN3O2/c11-6-3-1-5(2-4-6)7-8(15)13-10(12)14-9(7)16/h1-4,7H,(H3,12,13,14,15,16). The van der Waals surface area contributed by atoms with Crippen LogP contribution in [0.1, 0.15) is 11.5 Å². The number of nitrogens with one attached hydrogen (secondary N) is 1. The fraction of sp³-hybridized carbons (Fsp3) is 0.100. The van der Waals surface area contributed by atoms with Gasteiger partial charge in [0.25, 0.3) is 5.91 Å². The minimum Gasteiger partial charge on any atom is -0.369 e. The number of carbonyl (C=O) groups is 2. The molecule has 1 heterocycles. The molecule has 82 valence electrons. The van der Waals surface area contributed by atoms with Gasteiger partial charge < -0.3 is 5.73 Å². The van der Waals surface area contributed by atoms with Crippen molar-refractivity contribution in [3.05, 3.63) is 35.6 Å². The molecule has 2 rings (SSSR count). The third-order valence-electron chi connectivity index (χ3n) is 2.19. The molecular weight excluding hydrogens is 213 g/mol. The molecule has 1 unspecified atom stereocenters. The largest absolute Gasteiger partial charge is 0.369 e. The lowest BCUT2D eigenvalue weighted by atomic mass is 9.96. The van der Waals surface area contributed by atoms with Gasteiger partial charge in [-0.1, -0.05) is 12.1 Å². The van der Waals surface area contributed by atoms with Crippen molar-refractivity contribution in [3.8, 4) is 0 Å². The van der Waals surface area contributed by atoms with Crippen LogP contribution >= 0.6 is 0 Å². The number of aliphatic imine (C=N–C) groups is 1. The third kappa shape index (κ3) is 1.77. The van der Waals surface area contributed by atoms with Crippen LogP contribution in [0.25, 0.3) is 0 Å². The van der Waals surface area contributed by atoms with Crippen molar-refractivity contribution in [2.45, 2.75) is 5.92 Å². The summed E-state index contributed by atoms with van der Waals surface area (Å²) in [5, 5.41) is 2.25. The molecule has 2 amide bonds. The molecule has 16 heavy (non-hydrogen) atoms. The first-order chi connectivity index (χ1) is 7.58. The first kappa shape index (κ1) is 10.3. The number of hydrogen-bond acceptors (Lipinski definition) is 3. The van der Waals surface area contributed by atoms with E-state index in [1.807, 2.05) is 0 Å². The zero-order valence-corrected chi connectivity index (χ0v) is 8.11. The van der Waals surface area contributed by atoms with Crippen LogP contribution in [0.5, 0.6) is 0 Å². The molecule has 1 aliphatic rings. The van der Waals surface area contributed by atoms with Gasteiger partial charge in [-0.15, -0.1) is 0 Å². The molecule has 0 aromatic heterocycles. The number of guanidine groups is 1. The molecule has 0 aliphatic carbocycles. The maximum atomic E-state index is 12.7. The van der Waals surface area contributed by atoms with Crippen LogP contribution in [0.15, 0.2) is 29.3 Å². The number of hydrogen-bond donors (Lipinski definition) is 2. The molecule has 0 spiro atoms. The molecule has 6 heteroatoms. The van der Waals surface area contributed by atoms with Crippen molar-refractivity contribution >= 4 is 17.8 Å². The number of nitrogens with two attached hydrogens (primary N) is 1. The van der Waals surface area contributed by atoms with Crippen molar-refractivity contribution in [3.63, 3.8) is 0 Å². The first-order valence-corrected chi connectivity index (χ1v) is 4.52. The lowest BCUT2D eigenvalue weighted by molar-refractivity contribution is -0.129. The number of nitrogens with zero attached hydrogens (tertiary/aromatic N) is 1. The third-order valence-corrected chi connectivity index (χ3v) is 2.19. The van der Waals surface area contributed by atoms with E-state index in [1.165, 1.54) is 24.3 Å². The molecule has 0 bridgehead atoms. The second kappa shape index (κ2) is 3.73. The number of halogens is 1. The van der Waals surface area contributed by atoms with Crippen molar-refractivity contribution in [1.82, 2.24) is 5.32 Å². The van der Waals surface area contributed by atoms with Gasteiger partial charge in [0, 0.05) is 0 Å². The predicted octanol–water partition coefficient (Wildman–Crippen LogP) is -0.120. The predicted molar refractivity (Wildman–Crippen MR) is 53.9 cm³/mol. The molecule has 3 N–H and O–H groups in total. The molecule has 1 aromatic carbocycles. The molecule has 0 fully saturated rings. The quantitative estimate of drug-likeness (QED) is 0.648. The Hall–Kier alpha value is -2.24. The molecule has 0 saturated carbocycles. The zero-order valence-electron chi connectivity index (χ0n) is 8.11. The topological polar surface area (TPSA) is 84.5 Å². The number of amides is 2. The summed E-state index contributed by atoms with van der Waals surface area (Å²) >= 11 is 0. The molecule has 1 atom stereocenters. The van der Waals surface area contributed by atoms with Crippen LogP contribution in [0, 0.1) is 5.82 Å². The monoisotopic (exact) mass is 221 g/mol. The highest BCUT2D eigenvalue weighted by molar-refractivity contribution is 6.18. The Kier molecular flexibility index (Phi) is 2.40. The average molecular weight is 221 g/mol.